The monoisotopic (exact) mass is 424 g/mol. The van der Waals surface area contributed by atoms with E-state index in [1.165, 1.54) is 0 Å². The van der Waals surface area contributed by atoms with Gasteiger partial charge in [-0.15, -0.1) is 0 Å². The largest absolute Gasteiger partial charge is 0.325 e. The van der Waals surface area contributed by atoms with Crippen LogP contribution in [-0.2, 0) is 4.79 Å². The van der Waals surface area contributed by atoms with Crippen LogP contribution in [0, 0.1) is 20.8 Å². The number of nitrogens with zero attached hydrogens (tertiary/aromatic N) is 1. The Bertz CT molecular complexity index is 736. The van der Waals surface area contributed by atoms with Crippen LogP contribution in [0.15, 0.2) is 48.5 Å². The van der Waals surface area contributed by atoms with Crippen molar-refractivity contribution in [2.75, 3.05) is 5.32 Å². The smallest absolute Gasteiger partial charge is 0.249 e. The van der Waals surface area contributed by atoms with Gasteiger partial charge in [0.15, 0.2) is 11.7 Å². The first-order valence-corrected chi connectivity index (χ1v) is 7.73. The Kier molecular flexibility index (Phi) is 5.52. The summed E-state index contributed by atoms with van der Waals surface area (Å²) in [4.78, 5) is 24.4. The molecule has 110 valence electrons. The van der Waals surface area contributed by atoms with Crippen LogP contribution in [0.5, 0.6) is 0 Å². The number of carbonyl (C=O) groups excluding carboxylic acids is 2. The lowest BCUT2D eigenvalue weighted by atomic mass is 9.98. The van der Waals surface area contributed by atoms with Crippen molar-refractivity contribution in [3.8, 4) is 6.07 Å². The van der Waals surface area contributed by atoms with Gasteiger partial charge in [-0.05, 0) is 59.0 Å². The molecule has 0 radical (unpaired) electrons. The Hall–Kier alpha value is -1.91. The molecule has 22 heavy (non-hydrogen) atoms. The van der Waals surface area contributed by atoms with Crippen molar-refractivity contribution in [1.82, 2.24) is 0 Å². The fourth-order valence-corrected chi connectivity index (χ4v) is 2.25. The Balaban J connectivity index is 2.15. The number of hydrogen-bond donors (Lipinski definition) is 1. The summed E-state index contributed by atoms with van der Waals surface area (Å²) in [5.41, 5.74) is 0.809. The Labute approximate surface area is 146 Å². The van der Waals surface area contributed by atoms with Gasteiger partial charge in [-0.25, -0.2) is 0 Å². The first kappa shape index (κ1) is 16.5. The molecule has 0 fully saturated rings. The number of nitriles is 1. The van der Waals surface area contributed by atoms with E-state index in [2.05, 4.69) is 27.9 Å². The van der Waals surface area contributed by atoms with Crippen LogP contribution in [0.1, 0.15) is 10.4 Å². The van der Waals surface area contributed by atoms with Gasteiger partial charge in [-0.1, -0.05) is 23.7 Å². The van der Waals surface area contributed by atoms with E-state index in [9.17, 15) is 9.59 Å². The zero-order valence-corrected chi connectivity index (χ0v) is 14.1. The molecule has 2 aromatic carbocycles. The highest BCUT2D eigenvalue weighted by molar-refractivity contribution is 14.1. The number of rotatable bonds is 4. The van der Waals surface area contributed by atoms with Gasteiger partial charge >= 0.3 is 0 Å². The summed E-state index contributed by atoms with van der Waals surface area (Å²) in [5.74, 6) is -2.57. The molecule has 0 aliphatic heterocycles. The van der Waals surface area contributed by atoms with Crippen LogP contribution >= 0.6 is 34.2 Å². The molecule has 6 heteroatoms. The maximum Gasteiger partial charge on any atom is 0.249 e. The molecular formula is C16H10ClIN2O2. The number of ketones is 1. The third-order valence-electron chi connectivity index (χ3n) is 2.89. The van der Waals surface area contributed by atoms with Gasteiger partial charge < -0.3 is 5.32 Å². The summed E-state index contributed by atoms with van der Waals surface area (Å²) >= 11 is 7.87. The predicted octanol–water partition coefficient (Wildman–Crippen LogP) is 3.91. The lowest BCUT2D eigenvalue weighted by Gasteiger charge is -2.10. The Morgan fingerprint density at radius 2 is 1.68 bits per heavy atom. The molecule has 0 saturated heterocycles. The number of Topliss-reactive ketones (excluding diaryl/α,β-unsaturated/α-hetero) is 1. The summed E-state index contributed by atoms with van der Waals surface area (Å²) in [6.45, 7) is 0. The quantitative estimate of drug-likeness (QED) is 0.460. The van der Waals surface area contributed by atoms with E-state index >= 15 is 0 Å². The van der Waals surface area contributed by atoms with Gasteiger partial charge in [-0.2, -0.15) is 5.26 Å². The van der Waals surface area contributed by atoms with E-state index in [1.807, 2.05) is 0 Å². The van der Waals surface area contributed by atoms with Crippen LogP contribution < -0.4 is 5.32 Å². The molecule has 0 heterocycles. The second-order valence-electron chi connectivity index (χ2n) is 4.43. The van der Waals surface area contributed by atoms with Gasteiger partial charge in [0.05, 0.1) is 6.07 Å². The third-order valence-corrected chi connectivity index (χ3v) is 3.87. The van der Waals surface area contributed by atoms with Gasteiger partial charge in [0, 0.05) is 19.8 Å². The highest BCUT2D eigenvalue weighted by atomic mass is 127. The fraction of sp³-hybridized carbons (Fsp3) is 0.0625. The van der Waals surface area contributed by atoms with Crippen molar-refractivity contribution in [2.24, 2.45) is 5.92 Å². The SMILES string of the molecule is N#CC(C(=O)Nc1ccc(Cl)cc1)C(=O)c1ccc(I)cc1. The maximum atomic E-state index is 12.3. The molecule has 0 spiro atoms. The van der Waals surface area contributed by atoms with E-state index in [4.69, 9.17) is 16.9 Å². The van der Waals surface area contributed by atoms with Crippen molar-refractivity contribution in [3.05, 3.63) is 62.7 Å². The Morgan fingerprint density at radius 1 is 1.09 bits per heavy atom. The van der Waals surface area contributed by atoms with Crippen LogP contribution in [0.4, 0.5) is 5.69 Å². The average Bonchev–Trinajstić information content (AvgIpc) is 2.51. The lowest BCUT2D eigenvalue weighted by Crippen LogP contribution is -2.28. The van der Waals surface area contributed by atoms with Gasteiger partial charge in [0.1, 0.15) is 0 Å². The van der Waals surface area contributed by atoms with Crippen molar-refractivity contribution in [2.45, 2.75) is 0 Å². The van der Waals surface area contributed by atoms with Crippen LogP contribution in [0.3, 0.4) is 0 Å². The molecule has 1 unspecified atom stereocenters. The standard InChI is InChI=1S/C16H10ClIN2O2/c17-11-3-7-13(8-4-11)20-16(22)14(9-19)15(21)10-1-5-12(18)6-2-10/h1-8,14H,(H,20,22). The minimum Gasteiger partial charge on any atom is -0.325 e. The summed E-state index contributed by atoms with van der Waals surface area (Å²) in [7, 11) is 0. The molecule has 0 aliphatic carbocycles. The summed E-state index contributed by atoms with van der Waals surface area (Å²) < 4.78 is 0.966. The molecule has 0 saturated carbocycles. The average molecular weight is 425 g/mol. The molecule has 1 atom stereocenters. The molecule has 0 aromatic heterocycles. The molecule has 1 amide bonds. The second kappa shape index (κ2) is 7.38. The second-order valence-corrected chi connectivity index (χ2v) is 6.11. The van der Waals surface area contributed by atoms with Crippen molar-refractivity contribution in [3.63, 3.8) is 0 Å². The van der Waals surface area contributed by atoms with Gasteiger partial charge in [-0.3, -0.25) is 9.59 Å². The molecule has 2 aromatic rings. The minimum absolute atomic E-state index is 0.332. The molecule has 0 bridgehead atoms. The molecule has 2 rings (SSSR count). The number of anilines is 1. The van der Waals surface area contributed by atoms with Crippen molar-refractivity contribution >= 4 is 51.6 Å². The number of nitrogens with one attached hydrogen (secondary N) is 1. The summed E-state index contributed by atoms with van der Waals surface area (Å²) in [6.07, 6.45) is 0. The normalized spacial score (nSPS) is 11.3. The number of carbonyl (C=O) groups is 2. The highest BCUT2D eigenvalue weighted by Crippen LogP contribution is 2.16. The first-order chi connectivity index (χ1) is 10.5. The first-order valence-electron chi connectivity index (χ1n) is 6.27. The zero-order chi connectivity index (χ0) is 16.1. The summed E-state index contributed by atoms with van der Waals surface area (Å²) in [6, 6.07) is 14.9. The zero-order valence-electron chi connectivity index (χ0n) is 11.2. The number of benzene rings is 2. The van der Waals surface area contributed by atoms with Gasteiger partial charge in [0.2, 0.25) is 5.91 Å². The van der Waals surface area contributed by atoms with Crippen LogP contribution in [-0.4, -0.2) is 11.7 Å². The maximum absolute atomic E-state index is 12.3. The molecule has 4 nitrogen and oxygen atoms in total. The lowest BCUT2D eigenvalue weighted by molar-refractivity contribution is -0.117. The molecular weight excluding hydrogens is 415 g/mol. The molecule has 1 N–H and O–H groups in total. The van der Waals surface area contributed by atoms with E-state index in [-0.39, 0.29) is 0 Å². The Morgan fingerprint density at radius 3 is 2.23 bits per heavy atom. The molecule has 0 aliphatic rings. The van der Waals surface area contributed by atoms with Crippen molar-refractivity contribution in [1.29, 1.82) is 5.26 Å². The van der Waals surface area contributed by atoms with E-state index in [0.717, 1.165) is 3.57 Å². The highest BCUT2D eigenvalue weighted by Gasteiger charge is 2.27. The topological polar surface area (TPSA) is 70.0 Å². The predicted molar refractivity (Wildman–Crippen MR) is 92.7 cm³/mol. The number of amides is 1. The van der Waals surface area contributed by atoms with Gasteiger partial charge in [0.25, 0.3) is 0 Å². The summed E-state index contributed by atoms with van der Waals surface area (Å²) in [5, 5.41) is 12.2. The minimum atomic E-state index is -1.39. The van der Waals surface area contributed by atoms with Crippen molar-refractivity contribution < 1.29 is 9.59 Å². The van der Waals surface area contributed by atoms with E-state index < -0.39 is 17.6 Å². The number of hydrogen-bond acceptors (Lipinski definition) is 3. The fourth-order valence-electron chi connectivity index (χ4n) is 1.76. The third kappa shape index (κ3) is 4.06. The van der Waals surface area contributed by atoms with E-state index in [0.29, 0.717) is 16.3 Å². The van der Waals surface area contributed by atoms with E-state index in [1.54, 1.807) is 54.6 Å². The number of halogens is 2. The van der Waals surface area contributed by atoms with Crippen LogP contribution in [0.2, 0.25) is 5.02 Å². The van der Waals surface area contributed by atoms with Crippen LogP contribution in [0.25, 0.3) is 0 Å².